The normalized spacial score (nSPS) is 15.7. The van der Waals surface area contributed by atoms with E-state index in [1.807, 2.05) is 59.2 Å². The molecule has 0 saturated carbocycles. The van der Waals surface area contributed by atoms with Crippen LogP contribution in [-0.4, -0.2) is 61.3 Å². The van der Waals surface area contributed by atoms with E-state index < -0.39 is 12.9 Å². The number of pyridine rings is 2. The van der Waals surface area contributed by atoms with E-state index in [2.05, 4.69) is 40.7 Å². The molecular weight excluding hydrogens is 510 g/mol. The van der Waals surface area contributed by atoms with Gasteiger partial charge in [-0.15, -0.1) is 0 Å². The minimum Gasteiger partial charge on any atom is -0.383 e. The molecule has 1 aliphatic rings. The van der Waals surface area contributed by atoms with Crippen molar-refractivity contribution in [1.82, 2.24) is 29.3 Å². The molecule has 8 nitrogen and oxygen atoms in total. The predicted octanol–water partition coefficient (Wildman–Crippen LogP) is 5.34. The minimum atomic E-state index is -2.48. The van der Waals surface area contributed by atoms with Gasteiger partial charge in [0.2, 0.25) is 5.91 Å². The first-order valence-corrected chi connectivity index (χ1v) is 13.7. The summed E-state index contributed by atoms with van der Waals surface area (Å²) in [5, 5.41) is 0. The number of likely N-dealkylation sites (tertiary alicyclic amines) is 1. The van der Waals surface area contributed by atoms with Gasteiger partial charge in [-0.25, -0.2) is 15.0 Å². The summed E-state index contributed by atoms with van der Waals surface area (Å²) in [5.74, 6) is 0.495. The van der Waals surface area contributed by atoms with E-state index in [0.717, 1.165) is 44.6 Å². The van der Waals surface area contributed by atoms with Crippen molar-refractivity contribution in [1.29, 1.82) is 0 Å². The maximum Gasteiger partial charge on any atom is 0.245 e. The number of aromatic nitrogens is 4. The number of likely N-dealkylation sites (N-methyl/N-ethyl adjacent to an activating group) is 1. The fraction of sp³-hybridized carbons (Fsp3) is 0.212. The smallest absolute Gasteiger partial charge is 0.245 e. The second kappa shape index (κ2) is 11.3. The molecule has 0 spiro atoms. The first-order chi connectivity index (χ1) is 21.2. The number of fused-ring (bicyclic) bond motifs is 1. The summed E-state index contributed by atoms with van der Waals surface area (Å²) in [5.41, 5.74) is 12.3. The maximum atomic E-state index is 12.3. The first-order valence-electron chi connectivity index (χ1n) is 15.2. The number of nitrogen functional groups attached to an aromatic ring is 1. The molecule has 0 atom stereocenters. The zero-order valence-electron chi connectivity index (χ0n) is 25.6. The Labute approximate surface area is 244 Å². The lowest BCUT2D eigenvalue weighted by Gasteiger charge is -2.36. The molecule has 5 aromatic rings. The van der Waals surface area contributed by atoms with Gasteiger partial charge in [-0.05, 0) is 60.9 Å². The van der Waals surface area contributed by atoms with Gasteiger partial charge in [-0.1, -0.05) is 49.0 Å². The zero-order chi connectivity index (χ0) is 30.8. The van der Waals surface area contributed by atoms with E-state index >= 15 is 0 Å². The van der Waals surface area contributed by atoms with Gasteiger partial charge < -0.3 is 10.6 Å². The topological polar surface area (TPSA) is 93.2 Å². The lowest BCUT2D eigenvalue weighted by Crippen LogP contribution is -2.44. The van der Waals surface area contributed by atoms with Crippen LogP contribution < -0.4 is 5.73 Å². The fourth-order valence-corrected chi connectivity index (χ4v) is 5.38. The van der Waals surface area contributed by atoms with Crippen molar-refractivity contribution >= 4 is 22.9 Å². The standard InChI is InChI=1S/C33H33N7O/c1-3-30(41)38(2)25-17-20-39(21-18-25)22-23-11-13-26(14-12-23)40-32(27-10-7-19-35-31(27)34)37-29-16-15-28(36-33(29)40)24-8-5-4-6-9-24/h3-16,19,25H,1,17-18,20-22H2,2H3,(H2,34,35)/i2D3. The van der Waals surface area contributed by atoms with Crippen molar-refractivity contribution in [3.05, 3.63) is 103 Å². The molecule has 2 N–H and O–H groups in total. The second-order valence-electron chi connectivity index (χ2n) is 10.2. The molecule has 4 heterocycles. The van der Waals surface area contributed by atoms with Crippen molar-refractivity contribution in [3.63, 3.8) is 0 Å². The van der Waals surface area contributed by atoms with E-state index in [4.69, 9.17) is 19.8 Å². The fourth-order valence-electron chi connectivity index (χ4n) is 5.38. The van der Waals surface area contributed by atoms with Gasteiger partial charge >= 0.3 is 0 Å². The van der Waals surface area contributed by atoms with Crippen LogP contribution >= 0.6 is 0 Å². The molecule has 206 valence electrons. The van der Waals surface area contributed by atoms with Crippen LogP contribution in [0.1, 0.15) is 22.5 Å². The Hall–Kier alpha value is -4.82. The average Bonchev–Trinajstić information content (AvgIpc) is 3.41. The van der Waals surface area contributed by atoms with Crippen LogP contribution in [-0.2, 0) is 11.3 Å². The third kappa shape index (κ3) is 5.34. The number of anilines is 1. The summed E-state index contributed by atoms with van der Waals surface area (Å²) < 4.78 is 25.5. The number of piperidine rings is 1. The van der Waals surface area contributed by atoms with Crippen LogP contribution in [0.5, 0.6) is 0 Å². The van der Waals surface area contributed by atoms with Crippen LogP contribution in [0.15, 0.2) is 97.7 Å². The van der Waals surface area contributed by atoms with Crippen LogP contribution in [0.3, 0.4) is 0 Å². The molecule has 8 heteroatoms. The van der Waals surface area contributed by atoms with Crippen LogP contribution in [0, 0.1) is 0 Å². The lowest BCUT2D eigenvalue weighted by atomic mass is 10.0. The van der Waals surface area contributed by atoms with Gasteiger partial charge in [0.15, 0.2) is 11.5 Å². The van der Waals surface area contributed by atoms with Crippen molar-refractivity contribution in [3.8, 4) is 28.3 Å². The Balaban J connectivity index is 1.27. The average molecular weight is 547 g/mol. The summed E-state index contributed by atoms with van der Waals surface area (Å²) in [6.07, 6.45) is 3.91. The second-order valence-corrected chi connectivity index (χ2v) is 10.2. The monoisotopic (exact) mass is 546 g/mol. The number of hydrogen-bond donors (Lipinski definition) is 1. The van der Waals surface area contributed by atoms with E-state index in [9.17, 15) is 4.79 Å². The van der Waals surface area contributed by atoms with Crippen molar-refractivity contribution < 1.29 is 8.91 Å². The van der Waals surface area contributed by atoms with Crippen molar-refractivity contribution in [2.75, 3.05) is 25.8 Å². The molecule has 1 fully saturated rings. The maximum absolute atomic E-state index is 12.3. The Kier molecular flexibility index (Phi) is 6.35. The SMILES string of the molecule is [2H]C([2H])([2H])N(C(=O)C=C)C1CCN(Cc2ccc(-n3c(-c4cccnc4N)nc4ccc(-c5ccccc5)nc43)cc2)CC1. The number of imidazole rings is 1. The van der Waals surface area contributed by atoms with Crippen molar-refractivity contribution in [2.24, 2.45) is 0 Å². The molecule has 3 aromatic heterocycles. The number of benzene rings is 2. The third-order valence-corrected chi connectivity index (χ3v) is 7.59. The molecule has 0 radical (unpaired) electrons. The summed E-state index contributed by atoms with van der Waals surface area (Å²) in [6.45, 7) is 3.07. The predicted molar refractivity (Wildman–Crippen MR) is 163 cm³/mol. The summed E-state index contributed by atoms with van der Waals surface area (Å²) in [6, 6.07) is 25.7. The minimum absolute atomic E-state index is 0.340. The first kappa shape index (κ1) is 22.9. The molecule has 6 rings (SSSR count). The van der Waals surface area contributed by atoms with E-state index in [1.54, 1.807) is 6.20 Å². The molecular formula is C33H33N7O. The van der Waals surface area contributed by atoms with Crippen LogP contribution in [0.2, 0.25) is 0 Å². The Morgan fingerprint density at radius 3 is 2.54 bits per heavy atom. The molecule has 0 aliphatic carbocycles. The zero-order valence-corrected chi connectivity index (χ0v) is 22.6. The van der Waals surface area contributed by atoms with E-state index in [1.165, 1.54) is 0 Å². The summed E-state index contributed by atoms with van der Waals surface area (Å²) in [4.78, 5) is 29.8. The van der Waals surface area contributed by atoms with Gasteiger partial charge in [0.05, 0.1) is 11.3 Å². The quantitative estimate of drug-likeness (QED) is 0.277. The number of rotatable bonds is 7. The largest absolute Gasteiger partial charge is 0.383 e. The number of amides is 1. The highest BCUT2D eigenvalue weighted by atomic mass is 16.2. The molecule has 1 saturated heterocycles. The van der Waals surface area contributed by atoms with Crippen molar-refractivity contribution in [2.45, 2.75) is 25.4 Å². The highest BCUT2D eigenvalue weighted by Crippen LogP contribution is 2.32. The van der Waals surface area contributed by atoms with Gasteiger partial charge in [-0.3, -0.25) is 14.3 Å². The van der Waals surface area contributed by atoms with Gasteiger partial charge in [-0.2, -0.15) is 0 Å². The highest BCUT2D eigenvalue weighted by molar-refractivity contribution is 5.87. The summed E-state index contributed by atoms with van der Waals surface area (Å²) in [7, 11) is 0. The van der Waals surface area contributed by atoms with E-state index in [0.29, 0.717) is 49.8 Å². The Morgan fingerprint density at radius 1 is 1.05 bits per heavy atom. The molecule has 1 amide bonds. The number of nitrogens with zero attached hydrogens (tertiary/aromatic N) is 6. The lowest BCUT2D eigenvalue weighted by molar-refractivity contribution is -0.127. The van der Waals surface area contributed by atoms with Crippen LogP contribution in [0.4, 0.5) is 5.82 Å². The number of hydrogen-bond acceptors (Lipinski definition) is 6. The number of nitrogens with two attached hydrogens (primary N) is 1. The molecule has 2 aromatic carbocycles. The molecule has 41 heavy (non-hydrogen) atoms. The highest BCUT2D eigenvalue weighted by Gasteiger charge is 2.24. The summed E-state index contributed by atoms with van der Waals surface area (Å²) >= 11 is 0. The molecule has 0 unspecified atom stereocenters. The third-order valence-electron chi connectivity index (χ3n) is 7.59. The van der Waals surface area contributed by atoms with Gasteiger partial charge in [0, 0.05) is 54.2 Å². The van der Waals surface area contributed by atoms with Crippen LogP contribution in [0.25, 0.3) is 39.5 Å². The molecule has 1 aliphatic heterocycles. The van der Waals surface area contributed by atoms with Gasteiger partial charge in [0.1, 0.15) is 11.3 Å². The molecule has 0 bridgehead atoms. The van der Waals surface area contributed by atoms with Gasteiger partial charge in [0.25, 0.3) is 0 Å². The number of carbonyl (C=O) groups is 1. The van der Waals surface area contributed by atoms with E-state index in [-0.39, 0.29) is 6.04 Å². The Bertz CT molecular complexity index is 1790. The Morgan fingerprint density at radius 2 is 1.83 bits per heavy atom. The number of carbonyl (C=O) groups excluding carboxylic acids is 1.